The van der Waals surface area contributed by atoms with E-state index in [-0.39, 0.29) is 25.0 Å². The lowest BCUT2D eigenvalue weighted by Gasteiger charge is -2.30. The fourth-order valence-corrected chi connectivity index (χ4v) is 9.48. The number of likely N-dealkylation sites (tertiary alicyclic amines) is 1. The van der Waals surface area contributed by atoms with E-state index in [4.69, 9.17) is 39.3 Å². The summed E-state index contributed by atoms with van der Waals surface area (Å²) in [5.41, 5.74) is 7.59. The largest absolute Gasteiger partial charge is 0.475 e. The van der Waals surface area contributed by atoms with Gasteiger partial charge in [-0.05, 0) is 77.9 Å². The number of nitrogens with zero attached hydrogens (tertiary/aromatic N) is 11. The van der Waals surface area contributed by atoms with Crippen LogP contribution >= 0.6 is 19.2 Å². The first-order valence-corrected chi connectivity index (χ1v) is 20.8. The normalized spacial score (nSPS) is 22.0. The highest BCUT2D eigenvalue weighted by molar-refractivity contribution is 7.46. The number of aryl methyl sites for hydroxylation is 1. The van der Waals surface area contributed by atoms with Crippen molar-refractivity contribution >= 4 is 36.0 Å². The van der Waals surface area contributed by atoms with Gasteiger partial charge in [0.25, 0.3) is 5.88 Å². The molecule has 19 nitrogen and oxygen atoms in total. The molecule has 0 saturated carbocycles. The summed E-state index contributed by atoms with van der Waals surface area (Å²) < 4.78 is 28.8. The third kappa shape index (κ3) is 8.82. The number of hydrogen-bond donors (Lipinski definition) is 3. The van der Waals surface area contributed by atoms with Crippen LogP contribution in [0.4, 0.5) is 10.9 Å². The Kier molecular flexibility index (Phi) is 11.5. The predicted octanol–water partition coefficient (Wildman–Crippen LogP) is 2.75. The van der Waals surface area contributed by atoms with Crippen molar-refractivity contribution in [2.24, 2.45) is 0 Å². The first-order chi connectivity index (χ1) is 26.4. The first kappa shape index (κ1) is 38.8. The second kappa shape index (κ2) is 16.3. The summed E-state index contributed by atoms with van der Waals surface area (Å²) in [6, 6.07) is 4.23. The highest BCUT2D eigenvalue weighted by atomic mass is 32.1. The molecule has 3 unspecified atom stereocenters. The Morgan fingerprint density at radius 3 is 2.89 bits per heavy atom. The Bertz CT molecular complexity index is 2080. The van der Waals surface area contributed by atoms with Gasteiger partial charge in [0.1, 0.15) is 23.3 Å². The van der Waals surface area contributed by atoms with Gasteiger partial charge in [0.2, 0.25) is 23.6 Å². The monoisotopic (exact) mass is 796 g/mol. The third-order valence-corrected chi connectivity index (χ3v) is 12.1. The molecule has 1 aliphatic carbocycles. The minimum Gasteiger partial charge on any atom is -0.475 e. The van der Waals surface area contributed by atoms with E-state index in [1.165, 1.54) is 20.9 Å². The lowest BCUT2D eigenvalue weighted by Crippen LogP contribution is -2.40. The number of thiophene rings is 1. The number of nitrogens with two attached hydrogens (primary N) is 1. The van der Waals surface area contributed by atoms with Crippen LogP contribution in [0.5, 0.6) is 5.88 Å². The number of nitriles is 1. The molecule has 2 saturated heterocycles. The SMILES string of the molecule is CC1CN(CCCCOc2cn(CC(=O)N3CCC(OP(=O)(O)O)C3)nn2)CCCN1c1nccc(-c2noc(C3(C)CCCc4sc(N)c(C#N)c43)n2)n1. The molecule has 3 aliphatic rings. The van der Waals surface area contributed by atoms with Gasteiger partial charge in [0.15, 0.2) is 0 Å². The minimum atomic E-state index is -4.61. The second-order valence-corrected chi connectivity index (χ2v) is 16.8. The van der Waals surface area contributed by atoms with E-state index < -0.39 is 19.3 Å². The van der Waals surface area contributed by atoms with Crippen LogP contribution in [0.25, 0.3) is 11.5 Å². The number of hydrogen-bond acceptors (Lipinski definition) is 16. The Morgan fingerprint density at radius 1 is 1.22 bits per heavy atom. The molecule has 55 heavy (non-hydrogen) atoms. The maximum absolute atomic E-state index is 12.6. The van der Waals surface area contributed by atoms with Gasteiger partial charge in [-0.2, -0.15) is 10.2 Å². The molecule has 0 spiro atoms. The number of rotatable bonds is 13. The smallest absolute Gasteiger partial charge is 0.469 e. The maximum Gasteiger partial charge on any atom is 0.469 e. The van der Waals surface area contributed by atoms with Gasteiger partial charge >= 0.3 is 7.82 Å². The van der Waals surface area contributed by atoms with Gasteiger partial charge in [0.05, 0.1) is 29.9 Å². The molecule has 1 amide bonds. The topological polar surface area (TPSA) is 248 Å². The fraction of sp³-hybridized carbons (Fsp3) is 0.588. The number of phosphoric ester groups is 1. The number of aromatic nitrogens is 7. The standard InChI is InChI=1S/C34H45N12O7PS/c1-22-18-43(12-3-4-16-51-27-20-45(42-40-27)21-28(47)44-15-9-23(19-44)53-54(48,49)50)13-6-14-46(22)33-37-11-8-25(38-33)31-39-32(52-41-31)34(2)10-5-7-26-29(34)24(17-35)30(36)55-26/h8,11,20,22-23H,3-7,9-10,12-16,18-19,21,36H2,1-2H3,(H2,48,49,50). The summed E-state index contributed by atoms with van der Waals surface area (Å²) in [5.74, 6) is 1.53. The molecule has 0 bridgehead atoms. The van der Waals surface area contributed by atoms with Gasteiger partial charge in [0, 0.05) is 48.9 Å². The van der Waals surface area contributed by atoms with Crippen molar-refractivity contribution in [3.05, 3.63) is 40.4 Å². The molecule has 4 aromatic heterocycles. The number of ether oxygens (including phenoxy) is 1. The Labute approximate surface area is 321 Å². The molecule has 2 aliphatic heterocycles. The molecule has 21 heteroatoms. The van der Waals surface area contributed by atoms with Crippen molar-refractivity contribution in [3.63, 3.8) is 0 Å². The zero-order valence-electron chi connectivity index (χ0n) is 30.8. The summed E-state index contributed by atoms with van der Waals surface area (Å²) >= 11 is 1.47. The Morgan fingerprint density at radius 2 is 2.07 bits per heavy atom. The highest BCUT2D eigenvalue weighted by Gasteiger charge is 2.43. The molecule has 6 heterocycles. The quantitative estimate of drug-likeness (QED) is 0.130. The zero-order chi connectivity index (χ0) is 38.7. The summed E-state index contributed by atoms with van der Waals surface area (Å²) in [4.78, 5) is 52.2. The van der Waals surface area contributed by atoms with Crippen molar-refractivity contribution < 1.29 is 32.9 Å². The van der Waals surface area contributed by atoms with Gasteiger partial charge in [-0.3, -0.25) is 9.32 Å². The number of fused-ring (bicyclic) bond motifs is 1. The van der Waals surface area contributed by atoms with Crippen LogP contribution in [0.2, 0.25) is 0 Å². The maximum atomic E-state index is 12.6. The number of nitrogen functional groups attached to an aromatic ring is 1. The lowest BCUT2D eigenvalue weighted by molar-refractivity contribution is -0.131. The summed E-state index contributed by atoms with van der Waals surface area (Å²) in [6.07, 6.45) is 8.21. The fourth-order valence-electron chi connectivity index (χ4n) is 7.73. The number of carbonyl (C=O) groups is 1. The Balaban J connectivity index is 0.874. The van der Waals surface area contributed by atoms with Crippen molar-refractivity contribution in [3.8, 4) is 23.5 Å². The van der Waals surface area contributed by atoms with Crippen LogP contribution in [0.3, 0.4) is 0 Å². The third-order valence-electron chi connectivity index (χ3n) is 10.4. The Hall–Kier alpha value is -4.51. The van der Waals surface area contributed by atoms with Crippen molar-refractivity contribution in [1.29, 1.82) is 5.26 Å². The average Bonchev–Trinajstić information content (AvgIpc) is 3.95. The van der Waals surface area contributed by atoms with Gasteiger partial charge in [-0.25, -0.2) is 19.2 Å². The van der Waals surface area contributed by atoms with E-state index in [9.17, 15) is 14.6 Å². The molecule has 3 atom stereocenters. The van der Waals surface area contributed by atoms with Gasteiger partial charge in [-0.15, -0.1) is 11.3 Å². The first-order valence-electron chi connectivity index (χ1n) is 18.4. The van der Waals surface area contributed by atoms with E-state index in [1.807, 2.05) is 6.92 Å². The van der Waals surface area contributed by atoms with Crippen LogP contribution in [-0.4, -0.2) is 119 Å². The number of carbonyl (C=O) groups excluding carboxylic acids is 1. The van der Waals surface area contributed by atoms with Crippen molar-refractivity contribution in [1.82, 2.24) is 44.9 Å². The predicted molar refractivity (Wildman–Crippen MR) is 199 cm³/mol. The molecule has 4 N–H and O–H groups in total. The van der Waals surface area contributed by atoms with Crippen LogP contribution in [0, 0.1) is 11.3 Å². The molecular weight excluding hydrogens is 751 g/mol. The zero-order valence-corrected chi connectivity index (χ0v) is 32.5. The number of phosphoric acid groups is 1. The minimum absolute atomic E-state index is 0.0617. The summed E-state index contributed by atoms with van der Waals surface area (Å²) in [5, 5.41) is 22.7. The number of amides is 1. The van der Waals surface area contributed by atoms with E-state index in [2.05, 4.69) is 43.2 Å². The molecule has 0 radical (unpaired) electrons. The summed E-state index contributed by atoms with van der Waals surface area (Å²) in [6.45, 7) is 8.57. The van der Waals surface area contributed by atoms with Gasteiger partial charge < -0.3 is 39.5 Å². The van der Waals surface area contributed by atoms with Crippen molar-refractivity contribution in [2.75, 3.05) is 56.5 Å². The lowest BCUT2D eigenvalue weighted by atomic mass is 9.72. The van der Waals surface area contributed by atoms with E-state index >= 15 is 0 Å². The number of anilines is 2. The molecule has 4 aromatic rings. The van der Waals surface area contributed by atoms with Crippen molar-refractivity contribution in [2.45, 2.75) is 82.9 Å². The molecule has 7 rings (SSSR count). The van der Waals surface area contributed by atoms with Crippen LogP contribution in [-0.2, 0) is 32.3 Å². The molecule has 0 aromatic carbocycles. The summed E-state index contributed by atoms with van der Waals surface area (Å²) in [7, 11) is -4.61. The molecule has 294 valence electrons. The highest BCUT2D eigenvalue weighted by Crippen LogP contribution is 2.48. The molecule has 2 fully saturated rings. The van der Waals surface area contributed by atoms with E-state index in [1.54, 1.807) is 18.5 Å². The van der Waals surface area contributed by atoms with E-state index in [0.717, 1.165) is 75.1 Å². The van der Waals surface area contributed by atoms with Crippen LogP contribution in [0.1, 0.15) is 74.3 Å². The number of unbranched alkanes of at least 4 members (excludes halogenated alkanes) is 1. The average molecular weight is 797 g/mol. The van der Waals surface area contributed by atoms with Crippen LogP contribution in [0.15, 0.2) is 23.0 Å². The molecular formula is C34H45N12O7PS. The second-order valence-electron chi connectivity index (χ2n) is 14.5. The van der Waals surface area contributed by atoms with Crippen LogP contribution < -0.4 is 15.4 Å². The van der Waals surface area contributed by atoms with E-state index in [0.29, 0.717) is 59.4 Å². The van der Waals surface area contributed by atoms with Gasteiger partial charge in [-0.1, -0.05) is 15.5 Å².